The molecule has 0 aromatic carbocycles. The Balaban J connectivity index is 0.000000461. The van der Waals surface area contributed by atoms with E-state index in [4.69, 9.17) is 0 Å². The van der Waals surface area contributed by atoms with Gasteiger partial charge in [-0.1, -0.05) is 23.8 Å². The topological polar surface area (TPSA) is 0 Å². The van der Waals surface area contributed by atoms with Crippen molar-refractivity contribution in [3.63, 3.8) is 0 Å². The molecule has 63 valence electrons. The van der Waals surface area contributed by atoms with Crippen LogP contribution in [0.25, 0.3) is 0 Å². The van der Waals surface area contributed by atoms with Crippen LogP contribution in [0.3, 0.4) is 0 Å². The minimum absolute atomic E-state index is 0.965. The molecule has 0 saturated heterocycles. The van der Waals surface area contributed by atoms with E-state index in [0.717, 1.165) is 18.8 Å². The second-order valence-corrected chi connectivity index (χ2v) is 2.38. The summed E-state index contributed by atoms with van der Waals surface area (Å²) in [7, 11) is 4.49. The Bertz CT molecular complexity index is 148. The average molecular weight is 261 g/mol. The van der Waals surface area contributed by atoms with E-state index in [-0.39, 0.29) is 0 Å². The van der Waals surface area contributed by atoms with Gasteiger partial charge in [-0.15, -0.1) is 0 Å². The summed E-state index contributed by atoms with van der Waals surface area (Å²) < 4.78 is 0. The molecule has 1 aliphatic carbocycles. The van der Waals surface area contributed by atoms with Crippen LogP contribution in [0.15, 0.2) is 23.8 Å². The molecule has 0 spiro atoms. The van der Waals surface area contributed by atoms with Gasteiger partial charge in [0.1, 0.15) is 0 Å². The van der Waals surface area contributed by atoms with Crippen molar-refractivity contribution >= 4 is 9.53 Å². The molecule has 0 N–H and O–H groups in total. The maximum atomic E-state index is 4.49. The van der Waals surface area contributed by atoms with E-state index in [1.807, 2.05) is 0 Å². The van der Waals surface area contributed by atoms with Crippen LogP contribution < -0.4 is 0 Å². The normalized spacial score (nSPS) is 14.5. The summed E-state index contributed by atoms with van der Waals surface area (Å²) in [6.07, 6.45) is 8.43. The minimum atomic E-state index is 0.965. The Hall–Kier alpha value is 0.432. The molecule has 0 saturated carbocycles. The van der Waals surface area contributed by atoms with Crippen molar-refractivity contribution in [2.24, 2.45) is 0 Å². The molecule has 0 aliphatic heterocycles. The van der Waals surface area contributed by atoms with Crippen LogP contribution in [-0.4, -0.2) is 0 Å². The fourth-order valence-corrected chi connectivity index (χ4v) is 0.944. The average Bonchev–Trinajstić information content (AvgIpc) is 2.43. The summed E-state index contributed by atoms with van der Waals surface area (Å²) in [5.41, 5.74) is 1.43. The molecule has 2 heteroatoms. The molecule has 1 rings (SSSR count). The van der Waals surface area contributed by atoms with Crippen molar-refractivity contribution in [3.05, 3.63) is 43.6 Å². The third kappa shape index (κ3) is 5.68. The van der Waals surface area contributed by atoms with Crippen molar-refractivity contribution in [2.45, 2.75) is 12.8 Å². The first-order chi connectivity index (χ1) is 5.29. The second kappa shape index (κ2) is 7.10. The Morgan fingerprint density at radius 2 is 2.18 bits per heavy atom. The Morgan fingerprint density at radius 3 is 2.55 bits per heavy atom. The van der Waals surface area contributed by atoms with E-state index >= 15 is 0 Å². The third-order valence-electron chi connectivity index (χ3n) is 1.33. The molecule has 0 nitrogen and oxygen atoms in total. The van der Waals surface area contributed by atoms with E-state index in [1.54, 1.807) is 0 Å². The van der Waals surface area contributed by atoms with Crippen molar-refractivity contribution in [1.29, 1.82) is 0 Å². The van der Waals surface area contributed by atoms with Crippen molar-refractivity contribution < 1.29 is 18.2 Å². The van der Waals surface area contributed by atoms with E-state index in [9.17, 15) is 0 Å². The molecule has 11 heavy (non-hydrogen) atoms. The van der Waals surface area contributed by atoms with Crippen molar-refractivity contribution in [2.75, 3.05) is 0 Å². The fraction of sp³-hybridized carbons (Fsp3) is 0.222. The predicted octanol–water partition coefficient (Wildman–Crippen LogP) is 3.19. The Kier molecular flexibility index (Phi) is 7.38. The van der Waals surface area contributed by atoms with Gasteiger partial charge in [0, 0.05) is 0 Å². The molecule has 0 bridgehead atoms. The molecule has 0 aromatic heterocycles. The standard InChI is InChI=1S/C9H11.ClH.Pd/c1-8(2)7-9-5-3-4-6-9;;/h3-5H,1-2,6-7H2;1H;/q;;+2/p-1. The van der Waals surface area contributed by atoms with Gasteiger partial charge in [-0.05, 0) is 32.6 Å². The van der Waals surface area contributed by atoms with Gasteiger partial charge in [-0.3, -0.25) is 0 Å². The summed E-state index contributed by atoms with van der Waals surface area (Å²) in [6.45, 7) is 7.48. The summed E-state index contributed by atoms with van der Waals surface area (Å²) in [6, 6.07) is 0. The van der Waals surface area contributed by atoms with Gasteiger partial charge >= 0.3 is 27.7 Å². The fourth-order valence-electron chi connectivity index (χ4n) is 0.944. The van der Waals surface area contributed by atoms with Crippen molar-refractivity contribution in [3.8, 4) is 0 Å². The first-order valence-electron chi connectivity index (χ1n) is 3.25. The molecule has 0 amide bonds. The van der Waals surface area contributed by atoms with Gasteiger partial charge in [0.05, 0.1) is 0 Å². The number of hydrogen-bond donors (Lipinski definition) is 0. The van der Waals surface area contributed by atoms with E-state index in [1.165, 1.54) is 5.57 Å². The van der Waals surface area contributed by atoms with Gasteiger partial charge in [0.15, 0.2) is 0 Å². The first kappa shape index (κ1) is 11.4. The van der Waals surface area contributed by atoms with Gasteiger partial charge in [0.2, 0.25) is 0 Å². The predicted molar refractivity (Wildman–Crippen MR) is 46.3 cm³/mol. The van der Waals surface area contributed by atoms with Crippen LogP contribution in [0.1, 0.15) is 12.8 Å². The number of rotatable bonds is 2. The zero-order valence-corrected chi connectivity index (χ0v) is 8.57. The van der Waals surface area contributed by atoms with Crippen LogP contribution in [0.2, 0.25) is 0 Å². The molecule has 0 atom stereocenters. The molecule has 0 heterocycles. The summed E-state index contributed by atoms with van der Waals surface area (Å²) in [5, 5.41) is 0. The SMILES string of the molecule is [CH2][C]([CH2])CC1=CC=CC1.[Cl][Pd+]. The Labute approximate surface area is 84.1 Å². The van der Waals surface area contributed by atoms with Crippen LogP contribution in [-0.2, 0) is 18.2 Å². The molecular formula is C9H11ClPd+. The summed E-state index contributed by atoms with van der Waals surface area (Å²) in [5.74, 6) is 1.00. The molecule has 0 aromatic rings. The summed E-state index contributed by atoms with van der Waals surface area (Å²) in [4.78, 5) is 0. The first-order valence-corrected chi connectivity index (χ1v) is 5.25. The number of allylic oxidation sites excluding steroid dienone is 4. The van der Waals surface area contributed by atoms with Crippen LogP contribution in [0.5, 0.6) is 0 Å². The van der Waals surface area contributed by atoms with E-state index in [2.05, 4.69) is 59.8 Å². The molecule has 0 fully saturated rings. The van der Waals surface area contributed by atoms with Gasteiger partial charge in [-0.2, -0.15) is 0 Å². The van der Waals surface area contributed by atoms with Crippen molar-refractivity contribution in [1.82, 2.24) is 0 Å². The van der Waals surface area contributed by atoms with Crippen LogP contribution in [0, 0.1) is 19.8 Å². The zero-order chi connectivity index (χ0) is 8.69. The second-order valence-electron chi connectivity index (χ2n) is 2.38. The van der Waals surface area contributed by atoms with Crippen LogP contribution in [0.4, 0.5) is 0 Å². The number of hydrogen-bond acceptors (Lipinski definition) is 0. The van der Waals surface area contributed by atoms with E-state index < -0.39 is 0 Å². The number of halogens is 1. The zero-order valence-electron chi connectivity index (χ0n) is 6.25. The Morgan fingerprint density at radius 1 is 1.55 bits per heavy atom. The third-order valence-corrected chi connectivity index (χ3v) is 1.33. The molecule has 0 unspecified atom stereocenters. The monoisotopic (exact) mass is 260 g/mol. The molecule has 3 radical (unpaired) electrons. The van der Waals surface area contributed by atoms with E-state index in [0.29, 0.717) is 0 Å². The quantitative estimate of drug-likeness (QED) is 0.669. The van der Waals surface area contributed by atoms with Gasteiger partial charge in [0.25, 0.3) is 0 Å². The maximum absolute atomic E-state index is 4.49. The van der Waals surface area contributed by atoms with Gasteiger partial charge in [-0.25, -0.2) is 0 Å². The summed E-state index contributed by atoms with van der Waals surface area (Å²) >= 11 is 2.22. The van der Waals surface area contributed by atoms with Gasteiger partial charge < -0.3 is 0 Å². The van der Waals surface area contributed by atoms with Crippen LogP contribution >= 0.6 is 9.53 Å². The molecule has 1 aliphatic rings. The molecular weight excluding hydrogens is 250 g/mol.